The summed E-state index contributed by atoms with van der Waals surface area (Å²) in [6.07, 6.45) is 0. The van der Waals surface area contributed by atoms with Gasteiger partial charge in [-0.15, -0.1) is 11.8 Å². The maximum Gasteiger partial charge on any atom is 0.339 e. The minimum absolute atomic E-state index is 0.00313. The smallest absolute Gasteiger partial charge is 0.339 e. The quantitative estimate of drug-likeness (QED) is 0.298. The summed E-state index contributed by atoms with van der Waals surface area (Å²) in [5, 5.41) is 13.3. The van der Waals surface area contributed by atoms with E-state index in [1.54, 1.807) is 25.1 Å². The first-order chi connectivity index (χ1) is 13.3. The van der Waals surface area contributed by atoms with Crippen molar-refractivity contribution in [1.82, 2.24) is 0 Å². The molecule has 28 heavy (non-hydrogen) atoms. The molecule has 0 atom stereocenters. The van der Waals surface area contributed by atoms with Gasteiger partial charge in [0.25, 0.3) is 11.6 Å². The number of hydrogen-bond acceptors (Lipinski definition) is 7. The fraction of sp³-hybridized carbons (Fsp3) is 0.167. The Hall–Kier alpha value is -3.40. The van der Waals surface area contributed by atoms with Crippen LogP contribution in [-0.4, -0.2) is 35.1 Å². The van der Waals surface area contributed by atoms with Crippen LogP contribution in [-0.2, 0) is 14.3 Å². The predicted molar refractivity (Wildman–Crippen MR) is 103 cm³/mol. The molecule has 10 heteroatoms. The van der Waals surface area contributed by atoms with E-state index in [9.17, 15) is 24.5 Å². The molecule has 0 aromatic heterocycles. The van der Waals surface area contributed by atoms with E-state index in [2.05, 4.69) is 5.32 Å². The third-order valence-electron chi connectivity index (χ3n) is 3.52. The number of nitro benzene ring substituents is 1. The monoisotopic (exact) mass is 403 g/mol. The van der Waals surface area contributed by atoms with Crippen molar-refractivity contribution < 1.29 is 24.0 Å². The molecule has 0 aliphatic carbocycles. The fourth-order valence-corrected chi connectivity index (χ4v) is 2.94. The molecule has 0 spiro atoms. The Morgan fingerprint density at radius 3 is 2.61 bits per heavy atom. The van der Waals surface area contributed by atoms with Crippen LogP contribution in [0.4, 0.5) is 11.4 Å². The number of carbonyl (C=O) groups is 3. The number of rotatable bonds is 8. The molecule has 0 bridgehead atoms. The molecule has 146 valence electrons. The molecule has 3 N–H and O–H groups in total. The van der Waals surface area contributed by atoms with Gasteiger partial charge in [0.15, 0.2) is 6.61 Å². The lowest BCUT2D eigenvalue weighted by molar-refractivity contribution is -0.384. The first-order valence-corrected chi connectivity index (χ1v) is 8.98. The van der Waals surface area contributed by atoms with Crippen molar-refractivity contribution in [3.05, 3.63) is 63.7 Å². The van der Waals surface area contributed by atoms with Gasteiger partial charge in [0.2, 0.25) is 5.91 Å². The van der Waals surface area contributed by atoms with Crippen molar-refractivity contribution >= 4 is 40.9 Å². The van der Waals surface area contributed by atoms with Crippen LogP contribution in [0.25, 0.3) is 0 Å². The summed E-state index contributed by atoms with van der Waals surface area (Å²) in [4.78, 5) is 46.0. The summed E-state index contributed by atoms with van der Waals surface area (Å²) in [6, 6.07) is 10.5. The highest BCUT2D eigenvalue weighted by Crippen LogP contribution is 2.24. The van der Waals surface area contributed by atoms with Crippen LogP contribution in [0.3, 0.4) is 0 Å². The first-order valence-electron chi connectivity index (χ1n) is 8.00. The highest BCUT2D eigenvalue weighted by atomic mass is 32.2. The molecule has 0 heterocycles. The number of benzene rings is 2. The fourth-order valence-electron chi connectivity index (χ4n) is 2.16. The second kappa shape index (κ2) is 9.51. The number of ether oxygens (including phenoxy) is 1. The third-order valence-corrected chi connectivity index (χ3v) is 4.61. The zero-order valence-corrected chi connectivity index (χ0v) is 15.7. The van der Waals surface area contributed by atoms with Gasteiger partial charge < -0.3 is 15.8 Å². The van der Waals surface area contributed by atoms with Gasteiger partial charge in [-0.05, 0) is 24.6 Å². The zero-order valence-electron chi connectivity index (χ0n) is 14.8. The summed E-state index contributed by atoms with van der Waals surface area (Å²) in [7, 11) is 0. The van der Waals surface area contributed by atoms with Crippen molar-refractivity contribution in [2.24, 2.45) is 5.73 Å². The van der Waals surface area contributed by atoms with E-state index in [-0.39, 0.29) is 22.7 Å². The number of primary amides is 1. The number of carbonyl (C=O) groups excluding carboxylic acids is 3. The Kier molecular flexibility index (Phi) is 7.10. The minimum Gasteiger partial charge on any atom is -0.452 e. The van der Waals surface area contributed by atoms with Gasteiger partial charge >= 0.3 is 5.97 Å². The number of aryl methyl sites for hydroxylation is 1. The Bertz CT molecular complexity index is 931. The van der Waals surface area contributed by atoms with E-state index in [1.165, 1.54) is 24.3 Å². The van der Waals surface area contributed by atoms with Gasteiger partial charge in [0, 0.05) is 17.0 Å². The molecule has 9 nitrogen and oxygen atoms in total. The van der Waals surface area contributed by atoms with E-state index >= 15 is 0 Å². The molecule has 2 rings (SSSR count). The Balaban J connectivity index is 2.00. The lowest BCUT2D eigenvalue weighted by atomic mass is 10.2. The summed E-state index contributed by atoms with van der Waals surface area (Å²) in [5.41, 5.74) is 6.02. The molecule has 2 aromatic carbocycles. The lowest BCUT2D eigenvalue weighted by Gasteiger charge is -2.10. The second-order valence-electron chi connectivity index (χ2n) is 5.63. The van der Waals surface area contributed by atoms with E-state index in [1.807, 2.05) is 0 Å². The Morgan fingerprint density at radius 1 is 1.21 bits per heavy atom. The van der Waals surface area contributed by atoms with Gasteiger partial charge in [-0.2, -0.15) is 0 Å². The van der Waals surface area contributed by atoms with Crippen molar-refractivity contribution in [2.45, 2.75) is 11.8 Å². The molecule has 2 aromatic rings. The number of anilines is 1. The molecule has 0 radical (unpaired) electrons. The lowest BCUT2D eigenvalue weighted by Crippen LogP contribution is -2.21. The van der Waals surface area contributed by atoms with E-state index in [0.29, 0.717) is 10.5 Å². The number of nitrogens with two attached hydrogens (primary N) is 1. The van der Waals surface area contributed by atoms with Gasteiger partial charge in [-0.25, -0.2) is 4.79 Å². The molecule has 0 fully saturated rings. The topological polar surface area (TPSA) is 142 Å². The molecule has 0 aliphatic rings. The number of hydrogen-bond donors (Lipinski definition) is 2. The average Bonchev–Trinajstić information content (AvgIpc) is 2.66. The normalized spacial score (nSPS) is 10.2. The Labute approximate surface area is 164 Å². The largest absolute Gasteiger partial charge is 0.452 e. The van der Waals surface area contributed by atoms with Crippen LogP contribution in [0, 0.1) is 17.0 Å². The third kappa shape index (κ3) is 5.81. The second-order valence-corrected chi connectivity index (χ2v) is 6.65. The number of nitrogens with one attached hydrogen (secondary N) is 1. The van der Waals surface area contributed by atoms with Crippen molar-refractivity contribution in [3.63, 3.8) is 0 Å². The molecular formula is C18H17N3O6S. The summed E-state index contributed by atoms with van der Waals surface area (Å²) >= 11 is 1.09. The standard InChI is InChI=1S/C18H17N3O6S/c1-11-6-7-12(21(25)26)8-14(11)20-17(23)9-27-18(24)13-4-2-3-5-15(13)28-10-16(19)22/h2-8H,9-10H2,1H3,(H2,19,22)(H,20,23). The van der Waals surface area contributed by atoms with Gasteiger partial charge in [0.05, 0.1) is 21.9 Å². The molecule has 0 saturated heterocycles. The average molecular weight is 403 g/mol. The summed E-state index contributed by atoms with van der Waals surface area (Å²) in [5.74, 6) is -1.91. The number of non-ortho nitro benzene ring substituents is 1. The molecule has 0 saturated carbocycles. The highest BCUT2D eigenvalue weighted by Gasteiger charge is 2.16. The highest BCUT2D eigenvalue weighted by molar-refractivity contribution is 8.00. The van der Waals surface area contributed by atoms with Crippen molar-refractivity contribution in [1.29, 1.82) is 0 Å². The van der Waals surface area contributed by atoms with Gasteiger partial charge in [-0.3, -0.25) is 19.7 Å². The number of nitro groups is 1. The zero-order chi connectivity index (χ0) is 20.7. The number of nitrogens with zero attached hydrogens (tertiary/aromatic N) is 1. The first kappa shape index (κ1) is 20.9. The van der Waals surface area contributed by atoms with E-state index in [0.717, 1.165) is 11.8 Å². The molecule has 0 aliphatic heterocycles. The van der Waals surface area contributed by atoms with Crippen LogP contribution < -0.4 is 11.1 Å². The maximum absolute atomic E-state index is 12.3. The van der Waals surface area contributed by atoms with Crippen LogP contribution in [0.15, 0.2) is 47.4 Å². The molecule has 0 unspecified atom stereocenters. The van der Waals surface area contributed by atoms with Crippen LogP contribution >= 0.6 is 11.8 Å². The van der Waals surface area contributed by atoms with Crippen molar-refractivity contribution in [3.8, 4) is 0 Å². The van der Waals surface area contributed by atoms with Crippen LogP contribution in [0.2, 0.25) is 0 Å². The Morgan fingerprint density at radius 2 is 1.93 bits per heavy atom. The predicted octanol–water partition coefficient (Wildman–Crippen LogP) is 2.28. The number of esters is 1. The molecular weight excluding hydrogens is 386 g/mol. The number of amides is 2. The number of thioether (sulfide) groups is 1. The van der Waals surface area contributed by atoms with Crippen LogP contribution in [0.1, 0.15) is 15.9 Å². The van der Waals surface area contributed by atoms with E-state index in [4.69, 9.17) is 10.5 Å². The maximum atomic E-state index is 12.3. The molecule has 2 amide bonds. The minimum atomic E-state index is -0.738. The summed E-state index contributed by atoms with van der Waals surface area (Å²) in [6.45, 7) is 1.10. The van der Waals surface area contributed by atoms with Gasteiger partial charge in [0.1, 0.15) is 0 Å². The SMILES string of the molecule is Cc1ccc([N+](=O)[O-])cc1NC(=O)COC(=O)c1ccccc1SCC(N)=O. The van der Waals surface area contributed by atoms with Crippen LogP contribution in [0.5, 0.6) is 0 Å². The summed E-state index contributed by atoms with van der Waals surface area (Å²) < 4.78 is 5.01. The van der Waals surface area contributed by atoms with Crippen molar-refractivity contribution in [2.75, 3.05) is 17.7 Å². The van der Waals surface area contributed by atoms with E-state index < -0.39 is 29.3 Å². The van der Waals surface area contributed by atoms with Gasteiger partial charge in [-0.1, -0.05) is 18.2 Å².